The van der Waals surface area contributed by atoms with E-state index < -0.39 is 0 Å². The van der Waals surface area contributed by atoms with Gasteiger partial charge in [-0.25, -0.2) is 4.99 Å². The van der Waals surface area contributed by atoms with Gasteiger partial charge in [-0.3, -0.25) is 5.10 Å². The molecule has 0 saturated heterocycles. The van der Waals surface area contributed by atoms with Crippen molar-refractivity contribution in [3.63, 3.8) is 0 Å². The lowest BCUT2D eigenvalue weighted by molar-refractivity contribution is 0.354. The summed E-state index contributed by atoms with van der Waals surface area (Å²) >= 11 is 0. The predicted octanol–water partition coefficient (Wildman–Crippen LogP) is 2.68. The maximum Gasteiger partial charge on any atom is 0.194 e. The average molecular weight is 473 g/mol. The number of nitrogens with one attached hydrogen (secondary N) is 2. The molecule has 1 heterocycles. The van der Waals surface area contributed by atoms with Gasteiger partial charge in [-0.05, 0) is 37.1 Å². The van der Waals surface area contributed by atoms with E-state index in [0.717, 1.165) is 42.7 Å². The van der Waals surface area contributed by atoms with E-state index in [-0.39, 0.29) is 24.0 Å². The maximum atomic E-state index is 5.37. The number of aromatic nitrogens is 2. The quantitative estimate of drug-likeness (QED) is 0.351. The Hall–Kier alpha value is -1.97. The SMILES string of the molecule is CCNC(=NCc1ccn[nH]1)N(C)CCc1ccc(OC)c(OC)c1.I. The van der Waals surface area contributed by atoms with Gasteiger partial charge in [0.25, 0.3) is 0 Å². The summed E-state index contributed by atoms with van der Waals surface area (Å²) in [4.78, 5) is 6.77. The first-order valence-corrected chi connectivity index (χ1v) is 8.36. The first-order valence-electron chi connectivity index (χ1n) is 8.36. The molecular weight excluding hydrogens is 445 g/mol. The van der Waals surface area contributed by atoms with Crippen molar-refractivity contribution in [1.82, 2.24) is 20.4 Å². The Morgan fingerprint density at radius 3 is 2.62 bits per heavy atom. The summed E-state index contributed by atoms with van der Waals surface area (Å²) in [6, 6.07) is 7.94. The largest absolute Gasteiger partial charge is 0.493 e. The monoisotopic (exact) mass is 473 g/mol. The summed E-state index contributed by atoms with van der Waals surface area (Å²) in [5, 5.41) is 10.2. The first kappa shape index (κ1) is 22.1. The summed E-state index contributed by atoms with van der Waals surface area (Å²) in [6.07, 6.45) is 2.61. The van der Waals surface area contributed by atoms with Crippen molar-refractivity contribution < 1.29 is 9.47 Å². The summed E-state index contributed by atoms with van der Waals surface area (Å²) < 4.78 is 10.6. The van der Waals surface area contributed by atoms with Crippen LogP contribution in [-0.4, -0.2) is 55.4 Å². The highest BCUT2D eigenvalue weighted by molar-refractivity contribution is 14.0. The molecule has 0 aliphatic rings. The first-order chi connectivity index (χ1) is 12.2. The molecule has 8 heteroatoms. The summed E-state index contributed by atoms with van der Waals surface area (Å²) in [6.45, 7) is 4.30. The van der Waals surface area contributed by atoms with E-state index in [1.165, 1.54) is 5.56 Å². The fourth-order valence-electron chi connectivity index (χ4n) is 2.44. The zero-order valence-electron chi connectivity index (χ0n) is 15.8. The minimum atomic E-state index is 0. The Morgan fingerprint density at radius 1 is 1.23 bits per heavy atom. The lowest BCUT2D eigenvalue weighted by Crippen LogP contribution is -2.40. The summed E-state index contributed by atoms with van der Waals surface area (Å²) in [5.41, 5.74) is 2.18. The summed E-state index contributed by atoms with van der Waals surface area (Å²) in [7, 11) is 5.33. The number of hydrogen-bond donors (Lipinski definition) is 2. The highest BCUT2D eigenvalue weighted by Gasteiger charge is 2.08. The molecule has 0 saturated carbocycles. The predicted molar refractivity (Wildman–Crippen MR) is 115 cm³/mol. The number of H-pyrrole nitrogens is 1. The van der Waals surface area contributed by atoms with Crippen LogP contribution in [0.25, 0.3) is 0 Å². The summed E-state index contributed by atoms with van der Waals surface area (Å²) in [5.74, 6) is 2.37. The highest BCUT2D eigenvalue weighted by atomic mass is 127. The van der Waals surface area contributed by atoms with Gasteiger partial charge in [0.15, 0.2) is 17.5 Å². The van der Waals surface area contributed by atoms with E-state index >= 15 is 0 Å². The van der Waals surface area contributed by atoms with E-state index in [9.17, 15) is 0 Å². The molecule has 0 bridgehead atoms. The Morgan fingerprint density at radius 2 is 2.00 bits per heavy atom. The topological polar surface area (TPSA) is 74.8 Å². The molecule has 2 rings (SSSR count). The van der Waals surface area contributed by atoms with Gasteiger partial charge in [0.05, 0.1) is 26.5 Å². The van der Waals surface area contributed by atoms with E-state index in [1.807, 2.05) is 25.2 Å². The second-order valence-corrected chi connectivity index (χ2v) is 5.61. The third-order valence-corrected chi connectivity index (χ3v) is 3.84. The van der Waals surface area contributed by atoms with E-state index in [1.54, 1.807) is 20.4 Å². The highest BCUT2D eigenvalue weighted by Crippen LogP contribution is 2.27. The third-order valence-electron chi connectivity index (χ3n) is 3.84. The number of ether oxygens (including phenoxy) is 2. The normalized spacial score (nSPS) is 10.8. The van der Waals surface area contributed by atoms with E-state index in [4.69, 9.17) is 9.47 Å². The number of halogens is 1. The molecule has 0 atom stereocenters. The van der Waals surface area contributed by atoms with Gasteiger partial charge in [-0.2, -0.15) is 5.10 Å². The lowest BCUT2D eigenvalue weighted by Gasteiger charge is -2.22. The number of nitrogens with zero attached hydrogens (tertiary/aromatic N) is 3. The Kier molecular flexibility index (Phi) is 9.85. The van der Waals surface area contributed by atoms with Crippen LogP contribution in [0.4, 0.5) is 0 Å². The second-order valence-electron chi connectivity index (χ2n) is 5.61. The van der Waals surface area contributed by atoms with Crippen molar-refractivity contribution in [2.45, 2.75) is 19.9 Å². The molecule has 0 fully saturated rings. The zero-order valence-corrected chi connectivity index (χ0v) is 18.1. The van der Waals surface area contributed by atoms with Gasteiger partial charge < -0.3 is 19.7 Å². The van der Waals surface area contributed by atoms with Crippen LogP contribution >= 0.6 is 24.0 Å². The van der Waals surface area contributed by atoms with Gasteiger partial charge in [-0.1, -0.05) is 6.07 Å². The molecule has 0 spiro atoms. The fourth-order valence-corrected chi connectivity index (χ4v) is 2.44. The van der Waals surface area contributed by atoms with E-state index in [0.29, 0.717) is 6.54 Å². The van der Waals surface area contributed by atoms with Gasteiger partial charge in [-0.15, -0.1) is 24.0 Å². The van der Waals surface area contributed by atoms with Crippen LogP contribution in [0.5, 0.6) is 11.5 Å². The molecule has 0 amide bonds. The van der Waals surface area contributed by atoms with E-state index in [2.05, 4.69) is 38.4 Å². The number of likely N-dealkylation sites (N-methyl/N-ethyl adjacent to an activating group) is 1. The Labute approximate surface area is 172 Å². The van der Waals surface area contributed by atoms with Crippen LogP contribution in [0.15, 0.2) is 35.5 Å². The van der Waals surface area contributed by atoms with Crippen LogP contribution in [-0.2, 0) is 13.0 Å². The zero-order chi connectivity index (χ0) is 18.1. The Balaban J connectivity index is 0.00000338. The molecule has 26 heavy (non-hydrogen) atoms. The molecule has 144 valence electrons. The van der Waals surface area contributed by atoms with Crippen LogP contribution in [0, 0.1) is 0 Å². The van der Waals surface area contributed by atoms with Crippen LogP contribution in [0.2, 0.25) is 0 Å². The lowest BCUT2D eigenvalue weighted by atomic mass is 10.1. The number of hydrogen-bond acceptors (Lipinski definition) is 4. The van der Waals surface area contributed by atoms with Crippen LogP contribution < -0.4 is 14.8 Å². The molecule has 1 aromatic heterocycles. The molecule has 0 aliphatic carbocycles. The van der Waals surface area contributed by atoms with Gasteiger partial charge in [0, 0.05) is 26.3 Å². The molecular formula is C18H28IN5O2. The number of benzene rings is 1. The number of aromatic amines is 1. The van der Waals surface area contributed by atoms with Crippen molar-refractivity contribution >= 4 is 29.9 Å². The third kappa shape index (κ3) is 6.40. The molecule has 2 N–H and O–H groups in total. The maximum absolute atomic E-state index is 5.37. The minimum absolute atomic E-state index is 0. The standard InChI is InChI=1S/C18H27N5O2.HI/c1-5-19-18(20-13-15-8-10-21-22-15)23(2)11-9-14-6-7-16(24-3)17(12-14)25-4;/h6-8,10,12H,5,9,11,13H2,1-4H3,(H,19,20)(H,21,22);1H. The smallest absolute Gasteiger partial charge is 0.194 e. The van der Waals surface area contributed by atoms with Gasteiger partial charge in [0.1, 0.15) is 0 Å². The molecule has 1 aromatic carbocycles. The number of aliphatic imine (C=N–C) groups is 1. The number of methoxy groups -OCH3 is 2. The van der Waals surface area contributed by atoms with Gasteiger partial charge >= 0.3 is 0 Å². The molecule has 2 aromatic rings. The van der Waals surface area contributed by atoms with Crippen molar-refractivity contribution in [3.05, 3.63) is 41.7 Å². The van der Waals surface area contributed by atoms with Crippen molar-refractivity contribution in [1.29, 1.82) is 0 Å². The molecule has 7 nitrogen and oxygen atoms in total. The fraction of sp³-hybridized carbons (Fsp3) is 0.444. The van der Waals surface area contributed by atoms with Crippen LogP contribution in [0.1, 0.15) is 18.2 Å². The molecule has 0 radical (unpaired) electrons. The number of guanidine groups is 1. The molecule has 0 unspecified atom stereocenters. The average Bonchev–Trinajstić information content (AvgIpc) is 3.16. The number of rotatable bonds is 8. The second kappa shape index (κ2) is 11.6. The van der Waals surface area contributed by atoms with Gasteiger partial charge in [0.2, 0.25) is 0 Å². The van der Waals surface area contributed by atoms with Crippen molar-refractivity contribution in [2.24, 2.45) is 4.99 Å². The van der Waals surface area contributed by atoms with Crippen LogP contribution in [0.3, 0.4) is 0 Å². The van der Waals surface area contributed by atoms with Crippen molar-refractivity contribution in [3.8, 4) is 11.5 Å². The minimum Gasteiger partial charge on any atom is -0.493 e. The Bertz CT molecular complexity index is 676. The van der Waals surface area contributed by atoms with Crippen molar-refractivity contribution in [2.75, 3.05) is 34.4 Å². The molecule has 0 aliphatic heterocycles.